The Morgan fingerprint density at radius 1 is 1.31 bits per heavy atom. The molecule has 2 rings (SSSR count). The quantitative estimate of drug-likeness (QED) is 0.569. The van der Waals surface area contributed by atoms with E-state index in [0.717, 1.165) is 12.8 Å². The van der Waals surface area contributed by atoms with Crippen molar-refractivity contribution < 1.29 is 19.1 Å². The Bertz CT molecular complexity index is 763. The first-order valence-electron chi connectivity index (χ1n) is 8.28. The van der Waals surface area contributed by atoms with Gasteiger partial charge < -0.3 is 15.4 Å². The van der Waals surface area contributed by atoms with Crippen molar-refractivity contribution in [3.8, 4) is 6.07 Å². The minimum absolute atomic E-state index is 0.0678. The third kappa shape index (κ3) is 5.45. The van der Waals surface area contributed by atoms with Gasteiger partial charge in [-0.1, -0.05) is 30.3 Å². The maximum absolute atomic E-state index is 12.2. The number of rotatable bonds is 7. The highest BCUT2D eigenvalue weighted by atomic mass is 16.5. The third-order valence-corrected chi connectivity index (χ3v) is 4.00. The van der Waals surface area contributed by atoms with Gasteiger partial charge in [0.15, 0.2) is 6.61 Å². The van der Waals surface area contributed by atoms with Crippen molar-refractivity contribution in [3.63, 3.8) is 0 Å². The van der Waals surface area contributed by atoms with Gasteiger partial charge in [-0.3, -0.25) is 9.59 Å². The summed E-state index contributed by atoms with van der Waals surface area (Å²) in [7, 11) is 0. The molecule has 0 bridgehead atoms. The average Bonchev–Trinajstić information content (AvgIpc) is 3.45. The molecule has 7 heteroatoms. The molecule has 0 aromatic heterocycles. The van der Waals surface area contributed by atoms with Crippen LogP contribution >= 0.6 is 0 Å². The summed E-state index contributed by atoms with van der Waals surface area (Å²) in [6.07, 6.45) is 3.23. The number of nitrogens with zero attached hydrogens (tertiary/aromatic N) is 1. The molecule has 1 atom stereocenters. The standard InChI is InChI=1S/C19H21N3O4/c1-13(23)21-16(10-14-6-4-3-5-7-14)18(25)26-11-17(24)22-19(2,12-20)15-8-9-15/h3-7,10,15H,8-9,11H2,1-2H3,(H,21,23)(H,22,24)/t19-/m0/s1. The van der Waals surface area contributed by atoms with Crippen molar-refractivity contribution in [2.24, 2.45) is 5.92 Å². The van der Waals surface area contributed by atoms with Crippen LogP contribution in [-0.2, 0) is 19.1 Å². The fraction of sp³-hybridized carbons (Fsp3) is 0.368. The zero-order valence-corrected chi connectivity index (χ0v) is 14.7. The Morgan fingerprint density at radius 3 is 2.50 bits per heavy atom. The van der Waals surface area contributed by atoms with Gasteiger partial charge in [-0.15, -0.1) is 0 Å². The molecule has 1 saturated carbocycles. The number of benzene rings is 1. The van der Waals surface area contributed by atoms with Crippen molar-refractivity contribution in [2.45, 2.75) is 32.2 Å². The van der Waals surface area contributed by atoms with Crippen LogP contribution in [0, 0.1) is 17.2 Å². The Kier molecular flexibility index (Phi) is 6.12. The van der Waals surface area contributed by atoms with E-state index in [0.29, 0.717) is 5.56 Å². The van der Waals surface area contributed by atoms with E-state index in [1.54, 1.807) is 31.2 Å². The predicted molar refractivity (Wildman–Crippen MR) is 94.1 cm³/mol. The first-order valence-corrected chi connectivity index (χ1v) is 8.28. The maximum atomic E-state index is 12.2. The lowest BCUT2D eigenvalue weighted by atomic mass is 9.98. The molecule has 1 aromatic rings. The summed E-state index contributed by atoms with van der Waals surface area (Å²) in [6, 6.07) is 11.0. The van der Waals surface area contributed by atoms with Crippen molar-refractivity contribution >= 4 is 23.9 Å². The summed E-state index contributed by atoms with van der Waals surface area (Å²) >= 11 is 0. The number of esters is 1. The molecule has 136 valence electrons. The monoisotopic (exact) mass is 355 g/mol. The highest BCUT2D eigenvalue weighted by molar-refractivity contribution is 5.98. The van der Waals surface area contributed by atoms with Gasteiger partial charge in [0.25, 0.3) is 5.91 Å². The van der Waals surface area contributed by atoms with E-state index in [2.05, 4.69) is 16.7 Å². The Morgan fingerprint density at radius 2 is 1.96 bits per heavy atom. The number of hydrogen-bond acceptors (Lipinski definition) is 5. The van der Waals surface area contributed by atoms with Crippen LogP contribution in [0.25, 0.3) is 6.08 Å². The Labute approximate surface area is 152 Å². The lowest BCUT2D eigenvalue weighted by molar-refractivity contribution is -0.146. The fourth-order valence-corrected chi connectivity index (χ4v) is 2.47. The van der Waals surface area contributed by atoms with E-state index in [4.69, 9.17) is 4.74 Å². The zero-order chi connectivity index (χ0) is 19.2. The molecular weight excluding hydrogens is 334 g/mol. The number of nitriles is 1. The average molecular weight is 355 g/mol. The Hall–Kier alpha value is -3.14. The second-order valence-electron chi connectivity index (χ2n) is 6.36. The summed E-state index contributed by atoms with van der Waals surface area (Å²) in [5, 5.41) is 14.3. The first-order chi connectivity index (χ1) is 12.3. The number of carbonyl (C=O) groups excluding carboxylic acids is 3. The summed E-state index contributed by atoms with van der Waals surface area (Å²) in [6.45, 7) is 2.39. The SMILES string of the molecule is CC(=O)NC(=Cc1ccccc1)C(=O)OCC(=O)N[C@@](C)(C#N)C1CC1. The van der Waals surface area contributed by atoms with Gasteiger partial charge in [0.2, 0.25) is 5.91 Å². The summed E-state index contributed by atoms with van der Waals surface area (Å²) in [4.78, 5) is 35.6. The Balaban J connectivity index is 1.98. The number of hydrogen-bond donors (Lipinski definition) is 2. The van der Waals surface area contributed by atoms with Crippen LogP contribution < -0.4 is 10.6 Å². The molecule has 0 radical (unpaired) electrons. The second-order valence-corrected chi connectivity index (χ2v) is 6.36. The van der Waals surface area contributed by atoms with Crippen LogP contribution in [0.4, 0.5) is 0 Å². The molecule has 0 aliphatic heterocycles. The van der Waals surface area contributed by atoms with Gasteiger partial charge in [-0.05, 0) is 37.3 Å². The van der Waals surface area contributed by atoms with Gasteiger partial charge in [0.05, 0.1) is 6.07 Å². The summed E-state index contributed by atoms with van der Waals surface area (Å²) < 4.78 is 4.99. The normalized spacial score (nSPS) is 16.0. The molecule has 1 fully saturated rings. The topological polar surface area (TPSA) is 108 Å². The molecule has 26 heavy (non-hydrogen) atoms. The van der Waals surface area contributed by atoms with E-state index < -0.39 is 29.9 Å². The van der Waals surface area contributed by atoms with Crippen LogP contribution in [0.2, 0.25) is 0 Å². The molecule has 0 saturated heterocycles. The van der Waals surface area contributed by atoms with Crippen LogP contribution in [0.1, 0.15) is 32.3 Å². The highest BCUT2D eigenvalue weighted by Crippen LogP contribution is 2.39. The van der Waals surface area contributed by atoms with Gasteiger partial charge in [-0.25, -0.2) is 4.79 Å². The summed E-state index contributed by atoms with van der Waals surface area (Å²) in [5.41, 5.74) is -0.325. The molecule has 7 nitrogen and oxygen atoms in total. The van der Waals surface area contributed by atoms with E-state index in [-0.39, 0.29) is 11.6 Å². The van der Waals surface area contributed by atoms with E-state index in [1.807, 2.05) is 6.07 Å². The molecule has 0 spiro atoms. The van der Waals surface area contributed by atoms with Crippen LogP contribution in [-0.4, -0.2) is 29.9 Å². The van der Waals surface area contributed by atoms with Crippen LogP contribution in [0.3, 0.4) is 0 Å². The molecule has 1 aliphatic rings. The molecule has 0 unspecified atom stereocenters. The minimum Gasteiger partial charge on any atom is -0.451 e. The predicted octanol–water partition coefficient (Wildman–Crippen LogP) is 1.52. The second kappa shape index (κ2) is 8.30. The van der Waals surface area contributed by atoms with Crippen molar-refractivity contribution in [2.75, 3.05) is 6.61 Å². The maximum Gasteiger partial charge on any atom is 0.355 e. The van der Waals surface area contributed by atoms with Gasteiger partial charge in [0, 0.05) is 6.92 Å². The summed E-state index contributed by atoms with van der Waals surface area (Å²) in [5.74, 6) is -1.69. The van der Waals surface area contributed by atoms with E-state index >= 15 is 0 Å². The first kappa shape index (κ1) is 19.2. The van der Waals surface area contributed by atoms with Crippen LogP contribution in [0.15, 0.2) is 36.0 Å². The number of nitrogens with one attached hydrogen (secondary N) is 2. The van der Waals surface area contributed by atoms with Gasteiger partial charge in [-0.2, -0.15) is 5.26 Å². The van der Waals surface area contributed by atoms with E-state index in [9.17, 15) is 19.6 Å². The fourth-order valence-electron chi connectivity index (χ4n) is 2.47. The third-order valence-electron chi connectivity index (χ3n) is 4.00. The lowest BCUT2D eigenvalue weighted by Gasteiger charge is -2.22. The molecular formula is C19H21N3O4. The largest absolute Gasteiger partial charge is 0.451 e. The van der Waals surface area contributed by atoms with E-state index in [1.165, 1.54) is 13.0 Å². The minimum atomic E-state index is -0.955. The smallest absolute Gasteiger partial charge is 0.355 e. The molecule has 0 heterocycles. The highest BCUT2D eigenvalue weighted by Gasteiger charge is 2.43. The molecule has 1 aliphatic carbocycles. The number of amides is 2. The number of carbonyl (C=O) groups is 3. The molecule has 2 amide bonds. The number of ether oxygens (including phenoxy) is 1. The van der Waals surface area contributed by atoms with Gasteiger partial charge in [0.1, 0.15) is 11.2 Å². The molecule has 1 aromatic carbocycles. The van der Waals surface area contributed by atoms with Crippen molar-refractivity contribution in [3.05, 3.63) is 41.6 Å². The molecule has 2 N–H and O–H groups in total. The zero-order valence-electron chi connectivity index (χ0n) is 14.7. The van der Waals surface area contributed by atoms with Gasteiger partial charge >= 0.3 is 5.97 Å². The van der Waals surface area contributed by atoms with Crippen molar-refractivity contribution in [1.82, 2.24) is 10.6 Å². The lowest BCUT2D eigenvalue weighted by Crippen LogP contribution is -2.48. The van der Waals surface area contributed by atoms with Crippen LogP contribution in [0.5, 0.6) is 0 Å². The van der Waals surface area contributed by atoms with Crippen molar-refractivity contribution in [1.29, 1.82) is 5.26 Å².